The third-order valence-electron chi connectivity index (χ3n) is 3.83. The van der Waals surface area contributed by atoms with Crippen molar-refractivity contribution in [2.24, 2.45) is 0 Å². The Hall–Kier alpha value is -1.58. The van der Waals surface area contributed by atoms with Crippen molar-refractivity contribution >= 4 is 0 Å². The van der Waals surface area contributed by atoms with Crippen LogP contribution in [0.4, 0.5) is 13.2 Å². The first-order chi connectivity index (χ1) is 9.90. The van der Waals surface area contributed by atoms with Gasteiger partial charge >= 0.3 is 6.18 Å². The minimum absolute atomic E-state index is 0.0850. The molecule has 0 amide bonds. The maximum absolute atomic E-state index is 12.5. The van der Waals surface area contributed by atoms with Crippen LogP contribution in [0.15, 0.2) is 24.3 Å². The summed E-state index contributed by atoms with van der Waals surface area (Å²) in [5.74, 6) is 0. The van der Waals surface area contributed by atoms with Crippen molar-refractivity contribution in [2.75, 3.05) is 26.2 Å². The molecule has 1 atom stereocenters. The summed E-state index contributed by atoms with van der Waals surface area (Å²) >= 11 is 0. The van der Waals surface area contributed by atoms with Gasteiger partial charge in [-0.25, -0.2) is 0 Å². The van der Waals surface area contributed by atoms with Crippen LogP contribution < -0.4 is 0 Å². The summed E-state index contributed by atoms with van der Waals surface area (Å²) in [7, 11) is 0. The molecule has 0 saturated carbocycles. The molecule has 1 aromatic carbocycles. The number of halogens is 3. The Morgan fingerprint density at radius 3 is 2.19 bits per heavy atom. The lowest BCUT2D eigenvalue weighted by molar-refractivity contribution is -0.137. The molecule has 1 aliphatic rings. The number of alkyl halides is 3. The molecular weight excluding hydrogens is 279 g/mol. The van der Waals surface area contributed by atoms with Crippen LogP contribution in [0.2, 0.25) is 0 Å². The van der Waals surface area contributed by atoms with Gasteiger partial charge in [0.25, 0.3) is 0 Å². The van der Waals surface area contributed by atoms with E-state index >= 15 is 0 Å². The number of hydrogen-bond donors (Lipinski definition) is 0. The number of benzene rings is 1. The van der Waals surface area contributed by atoms with Crippen LogP contribution in [0.3, 0.4) is 0 Å². The normalized spacial score (nSPS) is 19.2. The van der Waals surface area contributed by atoms with E-state index < -0.39 is 11.7 Å². The zero-order valence-corrected chi connectivity index (χ0v) is 11.9. The summed E-state index contributed by atoms with van der Waals surface area (Å²) in [6.45, 7) is 5.81. The zero-order chi connectivity index (χ0) is 15.5. The van der Waals surface area contributed by atoms with Crippen molar-refractivity contribution in [3.63, 3.8) is 0 Å². The van der Waals surface area contributed by atoms with Crippen molar-refractivity contribution < 1.29 is 13.2 Å². The lowest BCUT2D eigenvalue weighted by Gasteiger charge is -2.35. The molecule has 0 aromatic heterocycles. The molecule has 114 valence electrons. The quantitative estimate of drug-likeness (QED) is 0.859. The third kappa shape index (κ3) is 4.19. The predicted molar refractivity (Wildman–Crippen MR) is 73.4 cm³/mol. The van der Waals surface area contributed by atoms with E-state index in [2.05, 4.69) is 15.9 Å². The van der Waals surface area contributed by atoms with Gasteiger partial charge in [0, 0.05) is 32.7 Å². The fourth-order valence-corrected chi connectivity index (χ4v) is 2.45. The topological polar surface area (TPSA) is 30.3 Å². The van der Waals surface area contributed by atoms with Crippen LogP contribution in [-0.4, -0.2) is 42.0 Å². The summed E-state index contributed by atoms with van der Waals surface area (Å²) < 4.78 is 37.5. The molecule has 6 heteroatoms. The van der Waals surface area contributed by atoms with Crippen LogP contribution >= 0.6 is 0 Å². The van der Waals surface area contributed by atoms with Gasteiger partial charge in [0.1, 0.15) is 0 Å². The Bertz CT molecular complexity index is 496. The molecule has 0 radical (unpaired) electrons. The monoisotopic (exact) mass is 297 g/mol. The lowest BCUT2D eigenvalue weighted by Crippen LogP contribution is -2.48. The van der Waals surface area contributed by atoms with E-state index in [-0.39, 0.29) is 6.04 Å². The molecule has 1 heterocycles. The molecule has 2 rings (SSSR count). The second-order valence-corrected chi connectivity index (χ2v) is 5.31. The average Bonchev–Trinajstić information content (AvgIpc) is 2.47. The van der Waals surface area contributed by atoms with Gasteiger partial charge in [-0.05, 0) is 24.6 Å². The fourth-order valence-electron chi connectivity index (χ4n) is 2.45. The van der Waals surface area contributed by atoms with Crippen molar-refractivity contribution in [3.8, 4) is 6.07 Å². The molecule has 1 aliphatic heterocycles. The molecule has 3 nitrogen and oxygen atoms in total. The van der Waals surface area contributed by atoms with Crippen molar-refractivity contribution in [1.29, 1.82) is 5.26 Å². The summed E-state index contributed by atoms with van der Waals surface area (Å²) in [5.41, 5.74) is 0.267. The van der Waals surface area contributed by atoms with E-state index in [0.29, 0.717) is 6.54 Å². The third-order valence-corrected chi connectivity index (χ3v) is 3.83. The largest absolute Gasteiger partial charge is 0.416 e. The van der Waals surface area contributed by atoms with Gasteiger partial charge in [0.05, 0.1) is 17.7 Å². The van der Waals surface area contributed by atoms with Crippen molar-refractivity contribution in [2.45, 2.75) is 25.7 Å². The Balaban J connectivity index is 1.88. The molecule has 0 spiro atoms. The average molecular weight is 297 g/mol. The van der Waals surface area contributed by atoms with Crippen LogP contribution in [0, 0.1) is 11.3 Å². The Morgan fingerprint density at radius 2 is 1.71 bits per heavy atom. The Morgan fingerprint density at radius 1 is 1.14 bits per heavy atom. The molecule has 0 N–H and O–H groups in total. The van der Waals surface area contributed by atoms with E-state index in [4.69, 9.17) is 5.26 Å². The highest BCUT2D eigenvalue weighted by molar-refractivity contribution is 5.24. The fraction of sp³-hybridized carbons (Fsp3) is 0.533. The summed E-state index contributed by atoms with van der Waals surface area (Å²) in [6.07, 6.45) is -4.28. The van der Waals surface area contributed by atoms with Crippen LogP contribution in [0.5, 0.6) is 0 Å². The number of hydrogen-bond acceptors (Lipinski definition) is 3. The first-order valence-electron chi connectivity index (χ1n) is 6.92. The number of piperazine rings is 1. The van der Waals surface area contributed by atoms with E-state index in [1.54, 1.807) is 0 Å². The maximum atomic E-state index is 12.5. The highest BCUT2D eigenvalue weighted by Gasteiger charge is 2.30. The molecule has 0 aliphatic carbocycles. The molecule has 1 unspecified atom stereocenters. The van der Waals surface area contributed by atoms with Gasteiger partial charge < -0.3 is 0 Å². The molecule has 1 aromatic rings. The van der Waals surface area contributed by atoms with E-state index in [1.807, 2.05) is 6.92 Å². The zero-order valence-electron chi connectivity index (χ0n) is 11.9. The smallest absolute Gasteiger partial charge is 0.297 e. The van der Waals surface area contributed by atoms with Crippen molar-refractivity contribution in [1.82, 2.24) is 9.80 Å². The standard InChI is InChI=1S/C15H18F3N3/c1-12(10-19)21-8-6-20(7-9-21)11-13-2-4-14(5-3-13)15(16,17)18/h2-5,12H,6-9,11H2,1H3. The number of rotatable bonds is 3. The van der Waals surface area contributed by atoms with Crippen LogP contribution in [0.1, 0.15) is 18.1 Å². The second-order valence-electron chi connectivity index (χ2n) is 5.31. The highest BCUT2D eigenvalue weighted by atomic mass is 19.4. The molecule has 1 fully saturated rings. The number of nitriles is 1. The van der Waals surface area contributed by atoms with Gasteiger partial charge in [-0.2, -0.15) is 18.4 Å². The molecular formula is C15H18F3N3. The van der Waals surface area contributed by atoms with E-state index in [1.165, 1.54) is 12.1 Å². The van der Waals surface area contributed by atoms with E-state index in [9.17, 15) is 13.2 Å². The summed E-state index contributed by atoms with van der Waals surface area (Å²) in [5, 5.41) is 8.88. The van der Waals surface area contributed by atoms with Crippen LogP contribution in [-0.2, 0) is 12.7 Å². The van der Waals surface area contributed by atoms with Gasteiger partial charge in [0.15, 0.2) is 0 Å². The van der Waals surface area contributed by atoms with Gasteiger partial charge in [0.2, 0.25) is 0 Å². The Labute approximate surface area is 122 Å². The molecule has 1 saturated heterocycles. The van der Waals surface area contributed by atoms with Crippen molar-refractivity contribution in [3.05, 3.63) is 35.4 Å². The maximum Gasteiger partial charge on any atom is 0.416 e. The van der Waals surface area contributed by atoms with Crippen LogP contribution in [0.25, 0.3) is 0 Å². The number of nitrogens with zero attached hydrogens (tertiary/aromatic N) is 3. The lowest BCUT2D eigenvalue weighted by atomic mass is 10.1. The molecule has 21 heavy (non-hydrogen) atoms. The first kappa shape index (κ1) is 15.8. The predicted octanol–water partition coefficient (Wildman–Crippen LogP) is 2.74. The van der Waals surface area contributed by atoms with Gasteiger partial charge in [-0.15, -0.1) is 0 Å². The highest BCUT2D eigenvalue weighted by Crippen LogP contribution is 2.29. The minimum atomic E-state index is -4.28. The van der Waals surface area contributed by atoms with E-state index in [0.717, 1.165) is 43.9 Å². The van der Waals surface area contributed by atoms with Gasteiger partial charge in [-0.3, -0.25) is 9.80 Å². The first-order valence-corrected chi connectivity index (χ1v) is 6.92. The Kier molecular flexibility index (Phi) is 4.86. The minimum Gasteiger partial charge on any atom is -0.297 e. The summed E-state index contributed by atoms with van der Waals surface area (Å²) in [6, 6.07) is 7.46. The molecule has 0 bridgehead atoms. The second kappa shape index (κ2) is 6.46. The van der Waals surface area contributed by atoms with Gasteiger partial charge in [-0.1, -0.05) is 12.1 Å². The SMILES string of the molecule is CC(C#N)N1CCN(Cc2ccc(C(F)(F)F)cc2)CC1. The summed E-state index contributed by atoms with van der Waals surface area (Å²) in [4.78, 5) is 4.31.